The second kappa shape index (κ2) is 4.70. The van der Waals surface area contributed by atoms with Crippen LogP contribution in [0.4, 0.5) is 5.82 Å². The lowest BCUT2D eigenvalue weighted by Crippen LogP contribution is -2.19. The van der Waals surface area contributed by atoms with Crippen LogP contribution >= 0.6 is 0 Å². The molecular weight excluding hydrogens is 238 g/mol. The summed E-state index contributed by atoms with van der Waals surface area (Å²) in [7, 11) is 1.68. The lowest BCUT2D eigenvalue weighted by Gasteiger charge is -2.23. The van der Waals surface area contributed by atoms with Crippen LogP contribution in [0.3, 0.4) is 0 Å². The first-order valence-electron chi connectivity index (χ1n) is 6.34. The van der Waals surface area contributed by atoms with E-state index in [9.17, 15) is 0 Å². The van der Waals surface area contributed by atoms with Gasteiger partial charge in [0.2, 0.25) is 0 Å². The van der Waals surface area contributed by atoms with Crippen LogP contribution in [0.5, 0.6) is 5.75 Å². The van der Waals surface area contributed by atoms with E-state index in [1.54, 1.807) is 7.11 Å². The number of fused-ring (bicyclic) bond motifs is 1. The SMILES string of the molecule is COc1ccc(C)c2nc(NN)c(C(C)(C)C)cc12. The number of hydrazine groups is 1. The minimum absolute atomic E-state index is 0.0440. The summed E-state index contributed by atoms with van der Waals surface area (Å²) in [4.78, 5) is 4.65. The predicted octanol–water partition coefficient (Wildman–Crippen LogP) is 3.13. The molecule has 0 bridgehead atoms. The molecule has 0 saturated carbocycles. The van der Waals surface area contributed by atoms with Gasteiger partial charge in [0.05, 0.1) is 12.6 Å². The molecule has 0 saturated heterocycles. The van der Waals surface area contributed by atoms with Crippen LogP contribution < -0.4 is 16.0 Å². The van der Waals surface area contributed by atoms with Crippen LogP contribution in [0, 0.1) is 6.92 Å². The van der Waals surface area contributed by atoms with Crippen molar-refractivity contribution in [1.82, 2.24) is 4.98 Å². The van der Waals surface area contributed by atoms with Gasteiger partial charge in [0.15, 0.2) is 0 Å². The van der Waals surface area contributed by atoms with Crippen LogP contribution in [0.25, 0.3) is 10.9 Å². The van der Waals surface area contributed by atoms with Gasteiger partial charge >= 0.3 is 0 Å². The number of pyridine rings is 1. The fourth-order valence-corrected chi connectivity index (χ4v) is 2.23. The van der Waals surface area contributed by atoms with Crippen molar-refractivity contribution in [2.24, 2.45) is 5.84 Å². The molecule has 0 amide bonds. The van der Waals surface area contributed by atoms with Crippen molar-refractivity contribution in [3.63, 3.8) is 0 Å². The zero-order valence-corrected chi connectivity index (χ0v) is 12.2. The molecule has 102 valence electrons. The molecule has 1 aromatic heterocycles. The summed E-state index contributed by atoms with van der Waals surface area (Å²) in [6.45, 7) is 8.45. The molecule has 4 nitrogen and oxygen atoms in total. The number of hydrogen-bond acceptors (Lipinski definition) is 4. The van der Waals surface area contributed by atoms with Crippen molar-refractivity contribution in [2.45, 2.75) is 33.1 Å². The largest absolute Gasteiger partial charge is 0.496 e. The van der Waals surface area contributed by atoms with Crippen LogP contribution in [0.15, 0.2) is 18.2 Å². The van der Waals surface area contributed by atoms with Crippen LogP contribution in [-0.4, -0.2) is 12.1 Å². The van der Waals surface area contributed by atoms with E-state index in [4.69, 9.17) is 10.6 Å². The second-order valence-corrected chi connectivity index (χ2v) is 5.76. The lowest BCUT2D eigenvalue weighted by atomic mass is 9.86. The molecule has 0 unspecified atom stereocenters. The fraction of sp³-hybridized carbons (Fsp3) is 0.400. The van der Waals surface area contributed by atoms with Gasteiger partial charge < -0.3 is 10.2 Å². The number of anilines is 1. The number of nitrogens with two attached hydrogens (primary N) is 1. The molecule has 0 fully saturated rings. The number of methoxy groups -OCH3 is 1. The third-order valence-corrected chi connectivity index (χ3v) is 3.31. The van der Waals surface area contributed by atoms with Crippen molar-refractivity contribution in [1.29, 1.82) is 0 Å². The molecule has 3 N–H and O–H groups in total. The Balaban J connectivity index is 2.85. The summed E-state index contributed by atoms with van der Waals surface area (Å²) in [5.41, 5.74) is 5.76. The van der Waals surface area contributed by atoms with E-state index in [0.717, 1.165) is 33.6 Å². The minimum Gasteiger partial charge on any atom is -0.496 e. The topological polar surface area (TPSA) is 60.2 Å². The summed E-state index contributed by atoms with van der Waals surface area (Å²) in [6, 6.07) is 6.09. The summed E-state index contributed by atoms with van der Waals surface area (Å²) in [6.07, 6.45) is 0. The Morgan fingerprint density at radius 3 is 2.47 bits per heavy atom. The Morgan fingerprint density at radius 1 is 1.26 bits per heavy atom. The van der Waals surface area contributed by atoms with Gasteiger partial charge in [-0.05, 0) is 30.0 Å². The van der Waals surface area contributed by atoms with Crippen LogP contribution in [-0.2, 0) is 5.41 Å². The Labute approximate surface area is 113 Å². The predicted molar refractivity (Wildman–Crippen MR) is 79.5 cm³/mol. The standard InChI is InChI=1S/C15H21N3O/c1-9-6-7-12(19-5)10-8-11(15(2,3)4)14(18-16)17-13(9)10/h6-8H,16H2,1-5H3,(H,17,18). The molecule has 2 aromatic rings. The number of aryl methyl sites for hydroxylation is 1. The number of rotatable bonds is 2. The second-order valence-electron chi connectivity index (χ2n) is 5.76. The molecule has 0 atom stereocenters. The Morgan fingerprint density at radius 2 is 1.95 bits per heavy atom. The maximum absolute atomic E-state index is 5.62. The van der Waals surface area contributed by atoms with Crippen molar-refractivity contribution >= 4 is 16.7 Å². The lowest BCUT2D eigenvalue weighted by molar-refractivity contribution is 0.419. The van der Waals surface area contributed by atoms with E-state index in [0.29, 0.717) is 0 Å². The highest BCUT2D eigenvalue weighted by atomic mass is 16.5. The zero-order valence-electron chi connectivity index (χ0n) is 12.2. The van der Waals surface area contributed by atoms with Gasteiger partial charge in [-0.1, -0.05) is 26.8 Å². The van der Waals surface area contributed by atoms with Crippen LogP contribution in [0.1, 0.15) is 31.9 Å². The summed E-state index contributed by atoms with van der Waals surface area (Å²) >= 11 is 0. The molecule has 1 aromatic carbocycles. The number of nitrogens with zero attached hydrogens (tertiary/aromatic N) is 1. The molecule has 0 radical (unpaired) electrons. The number of nitrogen functional groups attached to an aromatic ring is 1. The Hall–Kier alpha value is -1.81. The van der Waals surface area contributed by atoms with Crippen molar-refractivity contribution in [3.05, 3.63) is 29.3 Å². The minimum atomic E-state index is -0.0440. The summed E-state index contributed by atoms with van der Waals surface area (Å²) < 4.78 is 5.43. The number of aromatic nitrogens is 1. The maximum atomic E-state index is 5.62. The number of benzene rings is 1. The maximum Gasteiger partial charge on any atom is 0.144 e. The highest BCUT2D eigenvalue weighted by Crippen LogP contribution is 2.35. The van der Waals surface area contributed by atoms with Gasteiger partial charge in [0.25, 0.3) is 0 Å². The fourth-order valence-electron chi connectivity index (χ4n) is 2.23. The van der Waals surface area contributed by atoms with Crippen molar-refractivity contribution in [2.75, 3.05) is 12.5 Å². The number of hydrogen-bond donors (Lipinski definition) is 2. The molecule has 0 aliphatic rings. The van der Waals surface area contributed by atoms with E-state index in [-0.39, 0.29) is 5.41 Å². The third-order valence-electron chi connectivity index (χ3n) is 3.31. The monoisotopic (exact) mass is 259 g/mol. The molecule has 1 heterocycles. The van der Waals surface area contributed by atoms with Crippen molar-refractivity contribution < 1.29 is 4.74 Å². The molecule has 4 heteroatoms. The van der Waals surface area contributed by atoms with Gasteiger partial charge in [0.1, 0.15) is 11.6 Å². The highest BCUT2D eigenvalue weighted by molar-refractivity contribution is 5.90. The van der Waals surface area contributed by atoms with Gasteiger partial charge in [-0.3, -0.25) is 0 Å². The molecule has 0 spiro atoms. The molecule has 0 aliphatic heterocycles. The molecule has 19 heavy (non-hydrogen) atoms. The quantitative estimate of drug-likeness (QED) is 0.642. The zero-order chi connectivity index (χ0) is 14.2. The van der Waals surface area contributed by atoms with Gasteiger partial charge in [-0.25, -0.2) is 10.8 Å². The van der Waals surface area contributed by atoms with E-state index in [2.05, 4.69) is 37.2 Å². The Kier molecular flexibility index (Phi) is 3.37. The average molecular weight is 259 g/mol. The smallest absolute Gasteiger partial charge is 0.144 e. The first-order valence-corrected chi connectivity index (χ1v) is 6.34. The van der Waals surface area contributed by atoms with E-state index in [1.165, 1.54) is 0 Å². The number of ether oxygens (including phenoxy) is 1. The van der Waals surface area contributed by atoms with Crippen LogP contribution in [0.2, 0.25) is 0 Å². The molecular formula is C15H21N3O. The van der Waals surface area contributed by atoms with Gasteiger partial charge in [0, 0.05) is 10.9 Å². The molecule has 2 rings (SSSR count). The Bertz CT molecular complexity index is 615. The summed E-state index contributed by atoms with van der Waals surface area (Å²) in [5.74, 6) is 7.17. The number of nitrogens with one attached hydrogen (secondary N) is 1. The van der Waals surface area contributed by atoms with E-state index < -0.39 is 0 Å². The van der Waals surface area contributed by atoms with E-state index in [1.807, 2.05) is 19.1 Å². The molecule has 0 aliphatic carbocycles. The normalized spacial score (nSPS) is 11.7. The van der Waals surface area contributed by atoms with Crippen molar-refractivity contribution in [3.8, 4) is 5.75 Å². The summed E-state index contributed by atoms with van der Waals surface area (Å²) in [5, 5.41) is 1.02. The highest BCUT2D eigenvalue weighted by Gasteiger charge is 2.21. The average Bonchev–Trinajstić information content (AvgIpc) is 2.37. The first kappa shape index (κ1) is 13.6. The van der Waals surface area contributed by atoms with Gasteiger partial charge in [-0.2, -0.15) is 0 Å². The van der Waals surface area contributed by atoms with Gasteiger partial charge in [-0.15, -0.1) is 0 Å². The third kappa shape index (κ3) is 2.36. The van der Waals surface area contributed by atoms with E-state index >= 15 is 0 Å². The first-order chi connectivity index (χ1) is 8.88.